The van der Waals surface area contributed by atoms with Crippen molar-refractivity contribution in [2.45, 2.75) is 38.8 Å². The molecule has 26 heavy (non-hydrogen) atoms. The van der Waals surface area contributed by atoms with Gasteiger partial charge in [-0.05, 0) is 51.4 Å². The fourth-order valence-corrected chi connectivity index (χ4v) is 4.91. The van der Waals surface area contributed by atoms with E-state index in [9.17, 15) is 9.18 Å². The lowest BCUT2D eigenvalue weighted by atomic mass is 9.97. The van der Waals surface area contributed by atoms with Crippen LogP contribution in [0.2, 0.25) is 0 Å². The molecule has 4 nitrogen and oxygen atoms in total. The minimum atomic E-state index is -0.289. The second-order valence-corrected chi connectivity index (χ2v) is 8.22. The molecule has 1 aromatic carbocycles. The summed E-state index contributed by atoms with van der Waals surface area (Å²) in [6.07, 6.45) is 4.27. The van der Waals surface area contributed by atoms with Crippen LogP contribution in [0.25, 0.3) is 10.2 Å². The van der Waals surface area contributed by atoms with Crippen molar-refractivity contribution in [1.82, 2.24) is 14.5 Å². The van der Waals surface area contributed by atoms with Gasteiger partial charge in [0, 0.05) is 10.4 Å². The number of nitrogens with zero attached hydrogens (tertiary/aromatic N) is 3. The minimum absolute atomic E-state index is 0.0329. The Morgan fingerprint density at radius 2 is 2.00 bits per heavy atom. The first-order chi connectivity index (χ1) is 12.5. The molecule has 0 N–H and O–H groups in total. The Morgan fingerprint density at radius 3 is 2.77 bits per heavy atom. The van der Waals surface area contributed by atoms with Crippen LogP contribution in [0.3, 0.4) is 0 Å². The third-order valence-corrected chi connectivity index (χ3v) is 6.08. The van der Waals surface area contributed by atoms with Crippen molar-refractivity contribution in [1.29, 1.82) is 0 Å². The molecule has 0 atom stereocenters. The first-order valence-electron chi connectivity index (χ1n) is 8.96. The van der Waals surface area contributed by atoms with E-state index in [-0.39, 0.29) is 17.9 Å². The lowest BCUT2D eigenvalue weighted by molar-refractivity contribution is 0.378. The van der Waals surface area contributed by atoms with Crippen molar-refractivity contribution >= 4 is 21.6 Å². The van der Waals surface area contributed by atoms with Gasteiger partial charge in [-0.25, -0.2) is 9.37 Å². The molecule has 136 valence electrons. The van der Waals surface area contributed by atoms with Crippen molar-refractivity contribution in [2.24, 2.45) is 0 Å². The Labute approximate surface area is 155 Å². The van der Waals surface area contributed by atoms with Crippen LogP contribution < -0.4 is 5.56 Å². The Balaban J connectivity index is 1.92. The minimum Gasteiger partial charge on any atom is -0.302 e. The van der Waals surface area contributed by atoms with Crippen LogP contribution in [0.1, 0.15) is 34.7 Å². The zero-order valence-electron chi connectivity index (χ0n) is 15.1. The van der Waals surface area contributed by atoms with E-state index in [0.717, 1.165) is 29.5 Å². The molecule has 1 aliphatic carbocycles. The van der Waals surface area contributed by atoms with Gasteiger partial charge in [0.2, 0.25) is 0 Å². The number of hydrogen-bond acceptors (Lipinski definition) is 4. The molecule has 0 amide bonds. The van der Waals surface area contributed by atoms with Crippen LogP contribution in [0.15, 0.2) is 29.1 Å². The number of benzene rings is 1. The second kappa shape index (κ2) is 6.93. The maximum absolute atomic E-state index is 14.2. The molecule has 0 saturated carbocycles. The van der Waals surface area contributed by atoms with Gasteiger partial charge in [-0.2, -0.15) is 0 Å². The summed E-state index contributed by atoms with van der Waals surface area (Å²) in [6.45, 7) is 0.754. The molecule has 0 aliphatic heterocycles. The van der Waals surface area contributed by atoms with Crippen LogP contribution in [-0.4, -0.2) is 28.5 Å². The number of rotatable bonds is 4. The molecular weight excluding hydrogens is 349 g/mol. The smallest absolute Gasteiger partial charge is 0.262 e. The summed E-state index contributed by atoms with van der Waals surface area (Å²) >= 11 is 1.66. The molecule has 0 radical (unpaired) electrons. The zero-order valence-corrected chi connectivity index (χ0v) is 15.9. The van der Waals surface area contributed by atoms with E-state index in [2.05, 4.69) is 0 Å². The number of thiophene rings is 1. The molecule has 1 aliphatic rings. The van der Waals surface area contributed by atoms with Crippen LogP contribution in [-0.2, 0) is 25.9 Å². The Bertz CT molecular complexity index is 1020. The maximum Gasteiger partial charge on any atom is 0.262 e. The summed E-state index contributed by atoms with van der Waals surface area (Å²) < 4.78 is 15.8. The Morgan fingerprint density at radius 1 is 1.23 bits per heavy atom. The highest BCUT2D eigenvalue weighted by Crippen LogP contribution is 2.34. The van der Waals surface area contributed by atoms with Gasteiger partial charge in [-0.15, -0.1) is 11.3 Å². The highest BCUT2D eigenvalue weighted by molar-refractivity contribution is 7.18. The molecule has 2 aromatic heterocycles. The van der Waals surface area contributed by atoms with E-state index in [4.69, 9.17) is 4.98 Å². The maximum atomic E-state index is 14.2. The second-order valence-electron chi connectivity index (χ2n) is 7.14. The van der Waals surface area contributed by atoms with Gasteiger partial charge >= 0.3 is 0 Å². The van der Waals surface area contributed by atoms with E-state index in [1.165, 1.54) is 22.9 Å². The highest BCUT2D eigenvalue weighted by Gasteiger charge is 2.22. The van der Waals surface area contributed by atoms with E-state index in [1.54, 1.807) is 34.1 Å². The SMILES string of the molecule is CN(C)Cc1nc2sc3c(c2c(=O)n1Cc1ccccc1F)CCCC3. The third kappa shape index (κ3) is 3.08. The van der Waals surface area contributed by atoms with Crippen molar-refractivity contribution in [3.8, 4) is 0 Å². The summed E-state index contributed by atoms with van der Waals surface area (Å²) in [4.78, 5) is 22.3. The largest absolute Gasteiger partial charge is 0.302 e. The summed E-state index contributed by atoms with van der Waals surface area (Å²) in [5, 5.41) is 0.753. The molecule has 0 saturated heterocycles. The Kier molecular flexibility index (Phi) is 4.63. The predicted molar refractivity (Wildman–Crippen MR) is 103 cm³/mol. The van der Waals surface area contributed by atoms with Gasteiger partial charge in [0.05, 0.1) is 18.5 Å². The molecule has 0 bridgehead atoms. The van der Waals surface area contributed by atoms with Crippen molar-refractivity contribution < 1.29 is 4.39 Å². The summed E-state index contributed by atoms with van der Waals surface area (Å²) in [5.74, 6) is 0.400. The molecular formula is C20H22FN3OS. The van der Waals surface area contributed by atoms with Crippen molar-refractivity contribution in [3.63, 3.8) is 0 Å². The van der Waals surface area contributed by atoms with Crippen LogP contribution in [0, 0.1) is 5.82 Å². The van der Waals surface area contributed by atoms with Gasteiger partial charge in [-0.3, -0.25) is 9.36 Å². The highest BCUT2D eigenvalue weighted by atomic mass is 32.1. The number of fused-ring (bicyclic) bond motifs is 3. The molecule has 6 heteroatoms. The van der Waals surface area contributed by atoms with E-state index < -0.39 is 0 Å². The quantitative estimate of drug-likeness (QED) is 0.703. The van der Waals surface area contributed by atoms with Crippen LogP contribution in [0.5, 0.6) is 0 Å². The van der Waals surface area contributed by atoms with Gasteiger partial charge in [0.15, 0.2) is 0 Å². The van der Waals surface area contributed by atoms with E-state index in [0.29, 0.717) is 17.9 Å². The molecule has 0 spiro atoms. The van der Waals surface area contributed by atoms with Gasteiger partial charge in [-0.1, -0.05) is 18.2 Å². The molecule has 0 unspecified atom stereocenters. The predicted octanol–water partition coefficient (Wildman–Crippen LogP) is 3.59. The molecule has 3 aromatic rings. The summed E-state index contributed by atoms with van der Waals surface area (Å²) in [7, 11) is 3.90. The first-order valence-corrected chi connectivity index (χ1v) is 9.78. The number of aromatic nitrogens is 2. The summed E-state index contributed by atoms with van der Waals surface area (Å²) in [5.41, 5.74) is 1.65. The van der Waals surface area contributed by atoms with Crippen molar-refractivity contribution in [3.05, 3.63) is 62.3 Å². The average molecular weight is 371 g/mol. The normalized spacial score (nSPS) is 14.2. The standard InChI is InChI=1S/C20H22FN3OS/c1-23(2)12-17-22-19-18(14-8-4-6-10-16(14)26-19)20(25)24(17)11-13-7-3-5-9-15(13)21/h3,5,7,9H,4,6,8,10-12H2,1-2H3. The topological polar surface area (TPSA) is 38.1 Å². The van der Waals surface area contributed by atoms with Crippen LogP contribution in [0.4, 0.5) is 4.39 Å². The molecule has 4 rings (SSSR count). The average Bonchev–Trinajstić information content (AvgIpc) is 2.97. The first kappa shape index (κ1) is 17.4. The van der Waals surface area contributed by atoms with Crippen LogP contribution >= 0.6 is 11.3 Å². The lowest BCUT2D eigenvalue weighted by Crippen LogP contribution is -2.29. The number of aryl methyl sites for hydroxylation is 2. The van der Waals surface area contributed by atoms with Gasteiger partial charge in [0.1, 0.15) is 16.5 Å². The summed E-state index contributed by atoms with van der Waals surface area (Å²) in [6, 6.07) is 6.63. The van der Waals surface area contributed by atoms with Crippen molar-refractivity contribution in [2.75, 3.05) is 14.1 Å². The lowest BCUT2D eigenvalue weighted by Gasteiger charge is -2.16. The van der Waals surface area contributed by atoms with Gasteiger partial charge < -0.3 is 4.90 Å². The third-order valence-electron chi connectivity index (χ3n) is 4.90. The number of hydrogen-bond donors (Lipinski definition) is 0. The van der Waals surface area contributed by atoms with E-state index in [1.807, 2.05) is 19.0 Å². The van der Waals surface area contributed by atoms with Gasteiger partial charge in [0.25, 0.3) is 5.56 Å². The molecule has 0 fully saturated rings. The Hall–Kier alpha value is -2.05. The van der Waals surface area contributed by atoms with E-state index >= 15 is 0 Å². The zero-order chi connectivity index (χ0) is 18.3. The molecule has 2 heterocycles. The monoisotopic (exact) mass is 371 g/mol. The fourth-order valence-electron chi connectivity index (χ4n) is 3.64. The fraction of sp³-hybridized carbons (Fsp3) is 0.400. The number of halogens is 1.